The number of benzene rings is 1. The van der Waals surface area contributed by atoms with E-state index in [1.54, 1.807) is 12.1 Å². The van der Waals surface area contributed by atoms with E-state index in [-0.39, 0.29) is 11.8 Å². The van der Waals surface area contributed by atoms with Crippen molar-refractivity contribution in [2.45, 2.75) is 34.2 Å². The fourth-order valence-corrected chi connectivity index (χ4v) is 1.76. The summed E-state index contributed by atoms with van der Waals surface area (Å²) in [4.78, 5) is 23.7. The number of hydrogen-bond acceptors (Lipinski definition) is 3. The molecule has 1 rings (SSSR count). The van der Waals surface area contributed by atoms with E-state index in [2.05, 4.69) is 16.0 Å². The van der Waals surface area contributed by atoms with Gasteiger partial charge in [-0.1, -0.05) is 39.8 Å². The molecule has 122 valence electrons. The molecular formula is C17H27N3O2. The molecule has 0 atom stereocenters. The summed E-state index contributed by atoms with van der Waals surface area (Å²) in [6, 6.07) is 7.28. The second-order valence-corrected chi connectivity index (χ2v) is 6.24. The largest absolute Gasteiger partial charge is 0.352 e. The van der Waals surface area contributed by atoms with E-state index in [4.69, 9.17) is 0 Å². The van der Waals surface area contributed by atoms with Crippen molar-refractivity contribution in [3.63, 3.8) is 0 Å². The van der Waals surface area contributed by atoms with Gasteiger partial charge in [0.15, 0.2) is 0 Å². The number of nitrogens with one attached hydrogen (secondary N) is 3. The lowest BCUT2D eigenvalue weighted by atomic mass is 9.95. The minimum Gasteiger partial charge on any atom is -0.352 e. The summed E-state index contributed by atoms with van der Waals surface area (Å²) in [6.45, 7) is 10.4. The van der Waals surface area contributed by atoms with Crippen molar-refractivity contribution in [1.82, 2.24) is 16.0 Å². The van der Waals surface area contributed by atoms with Gasteiger partial charge in [-0.25, -0.2) is 0 Å². The fourth-order valence-electron chi connectivity index (χ4n) is 1.76. The molecule has 0 aliphatic rings. The van der Waals surface area contributed by atoms with Crippen LogP contribution in [0, 0.1) is 5.41 Å². The molecule has 0 aromatic heterocycles. The lowest BCUT2D eigenvalue weighted by molar-refractivity contribution is -0.128. The molecule has 0 aliphatic carbocycles. The number of carbonyl (C=O) groups is 2. The number of hydrogen-bond donors (Lipinski definition) is 3. The van der Waals surface area contributed by atoms with Crippen LogP contribution in [0.1, 0.15) is 43.6 Å². The van der Waals surface area contributed by atoms with Gasteiger partial charge in [-0.15, -0.1) is 0 Å². The van der Waals surface area contributed by atoms with Crippen LogP contribution in [0.15, 0.2) is 24.3 Å². The standard InChI is InChI=1S/C17H27N3O2/c1-5-18-10-11-19-15(21)14-8-6-13(7-9-14)12-20-16(22)17(2,3)4/h6-9,18H,5,10-12H2,1-4H3,(H,19,21)(H,20,22). The Morgan fingerprint density at radius 1 is 1.00 bits per heavy atom. The van der Waals surface area contributed by atoms with Crippen LogP contribution in [-0.4, -0.2) is 31.4 Å². The van der Waals surface area contributed by atoms with Gasteiger partial charge in [0.25, 0.3) is 5.91 Å². The van der Waals surface area contributed by atoms with Crippen molar-refractivity contribution in [2.75, 3.05) is 19.6 Å². The lowest BCUT2D eigenvalue weighted by Crippen LogP contribution is -2.34. The molecule has 22 heavy (non-hydrogen) atoms. The van der Waals surface area contributed by atoms with E-state index in [1.807, 2.05) is 39.8 Å². The highest BCUT2D eigenvalue weighted by molar-refractivity contribution is 5.94. The Morgan fingerprint density at radius 2 is 1.64 bits per heavy atom. The predicted molar refractivity (Wildman–Crippen MR) is 88.6 cm³/mol. The van der Waals surface area contributed by atoms with Gasteiger partial charge in [-0.2, -0.15) is 0 Å². The van der Waals surface area contributed by atoms with E-state index in [9.17, 15) is 9.59 Å². The lowest BCUT2D eigenvalue weighted by Gasteiger charge is -2.17. The van der Waals surface area contributed by atoms with E-state index < -0.39 is 5.41 Å². The first-order chi connectivity index (χ1) is 10.3. The van der Waals surface area contributed by atoms with Gasteiger partial charge >= 0.3 is 0 Å². The first-order valence-electron chi connectivity index (χ1n) is 7.70. The Hall–Kier alpha value is -1.88. The molecule has 0 unspecified atom stereocenters. The molecule has 0 fully saturated rings. The summed E-state index contributed by atoms with van der Waals surface area (Å²) in [7, 11) is 0. The molecule has 0 aliphatic heterocycles. The molecular weight excluding hydrogens is 278 g/mol. The van der Waals surface area contributed by atoms with Crippen molar-refractivity contribution >= 4 is 11.8 Å². The molecule has 5 nitrogen and oxygen atoms in total. The summed E-state index contributed by atoms with van der Waals surface area (Å²) in [6.07, 6.45) is 0. The normalized spacial score (nSPS) is 11.1. The Balaban J connectivity index is 2.45. The van der Waals surface area contributed by atoms with Crippen LogP contribution in [0.25, 0.3) is 0 Å². The van der Waals surface area contributed by atoms with Crippen molar-refractivity contribution < 1.29 is 9.59 Å². The van der Waals surface area contributed by atoms with Crippen LogP contribution in [-0.2, 0) is 11.3 Å². The molecule has 2 amide bonds. The maximum atomic E-state index is 11.9. The van der Waals surface area contributed by atoms with Gasteiger partial charge in [0, 0.05) is 30.6 Å². The van der Waals surface area contributed by atoms with Gasteiger partial charge in [0.1, 0.15) is 0 Å². The Labute approximate surface area is 132 Å². The van der Waals surface area contributed by atoms with Crippen LogP contribution >= 0.6 is 0 Å². The van der Waals surface area contributed by atoms with E-state index in [1.165, 1.54) is 0 Å². The average molecular weight is 305 g/mol. The quantitative estimate of drug-likeness (QED) is 0.671. The van der Waals surface area contributed by atoms with Crippen LogP contribution in [0.3, 0.4) is 0 Å². The zero-order chi connectivity index (χ0) is 16.6. The third kappa shape index (κ3) is 6.26. The van der Waals surface area contributed by atoms with Crippen LogP contribution in [0.5, 0.6) is 0 Å². The van der Waals surface area contributed by atoms with Gasteiger partial charge < -0.3 is 16.0 Å². The van der Waals surface area contributed by atoms with Crippen molar-refractivity contribution in [3.8, 4) is 0 Å². The number of carbonyl (C=O) groups excluding carboxylic acids is 2. The highest BCUT2D eigenvalue weighted by Gasteiger charge is 2.20. The van der Waals surface area contributed by atoms with Crippen LogP contribution in [0.2, 0.25) is 0 Å². The molecule has 5 heteroatoms. The summed E-state index contributed by atoms with van der Waals surface area (Å²) < 4.78 is 0. The highest BCUT2D eigenvalue weighted by atomic mass is 16.2. The van der Waals surface area contributed by atoms with E-state index >= 15 is 0 Å². The minimum atomic E-state index is -0.396. The Morgan fingerprint density at radius 3 is 2.18 bits per heavy atom. The smallest absolute Gasteiger partial charge is 0.251 e. The highest BCUT2D eigenvalue weighted by Crippen LogP contribution is 2.13. The second-order valence-electron chi connectivity index (χ2n) is 6.24. The summed E-state index contributed by atoms with van der Waals surface area (Å²) in [5.74, 6) is -0.0686. The molecule has 1 aromatic rings. The summed E-state index contributed by atoms with van der Waals surface area (Å²) >= 11 is 0. The summed E-state index contributed by atoms with van der Waals surface area (Å²) in [5.41, 5.74) is 1.20. The Bertz CT molecular complexity index is 490. The SMILES string of the molecule is CCNCCNC(=O)c1ccc(CNC(=O)C(C)(C)C)cc1. The van der Waals surface area contributed by atoms with E-state index in [0.717, 1.165) is 18.7 Å². The number of amides is 2. The molecule has 0 saturated heterocycles. The molecule has 1 aromatic carbocycles. The van der Waals surface area contributed by atoms with Gasteiger partial charge in [0.2, 0.25) is 5.91 Å². The predicted octanol–water partition coefficient (Wildman–Crippen LogP) is 1.69. The zero-order valence-electron chi connectivity index (χ0n) is 14.0. The third-order valence-corrected chi connectivity index (χ3v) is 3.19. The van der Waals surface area contributed by atoms with Gasteiger partial charge in [-0.3, -0.25) is 9.59 Å². The molecule has 0 heterocycles. The topological polar surface area (TPSA) is 70.2 Å². The monoisotopic (exact) mass is 305 g/mol. The summed E-state index contributed by atoms with van der Waals surface area (Å²) in [5, 5.41) is 8.89. The molecule has 0 spiro atoms. The third-order valence-electron chi connectivity index (χ3n) is 3.19. The molecule has 0 saturated carbocycles. The molecule has 0 bridgehead atoms. The van der Waals surface area contributed by atoms with Gasteiger partial charge in [0.05, 0.1) is 0 Å². The zero-order valence-corrected chi connectivity index (χ0v) is 14.0. The maximum Gasteiger partial charge on any atom is 0.251 e. The first-order valence-corrected chi connectivity index (χ1v) is 7.70. The first kappa shape index (κ1) is 18.2. The molecule has 0 radical (unpaired) electrons. The Kier molecular flexibility index (Phi) is 7.05. The fraction of sp³-hybridized carbons (Fsp3) is 0.529. The number of rotatable bonds is 7. The minimum absolute atomic E-state index is 0.0118. The number of likely N-dealkylation sites (N-methyl/N-ethyl adjacent to an activating group) is 1. The van der Waals surface area contributed by atoms with Gasteiger partial charge in [-0.05, 0) is 24.2 Å². The van der Waals surface area contributed by atoms with Crippen LogP contribution in [0.4, 0.5) is 0 Å². The van der Waals surface area contributed by atoms with Crippen molar-refractivity contribution in [1.29, 1.82) is 0 Å². The average Bonchev–Trinajstić information content (AvgIpc) is 2.48. The maximum absolute atomic E-state index is 11.9. The second kappa shape index (κ2) is 8.54. The molecule has 3 N–H and O–H groups in total. The van der Waals surface area contributed by atoms with Crippen molar-refractivity contribution in [2.24, 2.45) is 5.41 Å². The van der Waals surface area contributed by atoms with Crippen molar-refractivity contribution in [3.05, 3.63) is 35.4 Å². The van der Waals surface area contributed by atoms with Crippen LogP contribution < -0.4 is 16.0 Å². The van der Waals surface area contributed by atoms with E-state index in [0.29, 0.717) is 18.7 Å².